The van der Waals surface area contributed by atoms with E-state index in [9.17, 15) is 9.59 Å². The Morgan fingerprint density at radius 2 is 1.77 bits per heavy atom. The number of hydrogen-bond acceptors (Lipinski definition) is 5. The smallest absolute Gasteiger partial charge is 0.293 e. The van der Waals surface area contributed by atoms with Crippen LogP contribution in [0.3, 0.4) is 0 Å². The number of halogens is 1. The molecule has 1 saturated heterocycles. The minimum atomic E-state index is -0.301. The maximum Gasteiger partial charge on any atom is 0.293 e. The highest BCUT2D eigenvalue weighted by molar-refractivity contribution is 8.18. The van der Waals surface area contributed by atoms with Crippen LogP contribution >= 0.6 is 23.4 Å². The zero-order valence-electron chi connectivity index (χ0n) is 13.6. The molecular formula is C19H14ClNO4S. The maximum absolute atomic E-state index is 12.6. The van der Waals surface area contributed by atoms with Gasteiger partial charge < -0.3 is 9.47 Å². The summed E-state index contributed by atoms with van der Waals surface area (Å²) < 4.78 is 11.0. The maximum atomic E-state index is 12.6. The zero-order valence-corrected chi connectivity index (χ0v) is 15.2. The van der Waals surface area contributed by atoms with Crippen molar-refractivity contribution in [3.63, 3.8) is 0 Å². The molecule has 2 aromatic rings. The summed E-state index contributed by atoms with van der Waals surface area (Å²) in [6, 6.07) is 12.5. The first-order valence-corrected chi connectivity index (χ1v) is 9.19. The number of fused-ring (bicyclic) bond motifs is 1. The molecule has 1 fully saturated rings. The molecule has 0 bridgehead atoms. The van der Waals surface area contributed by atoms with E-state index in [4.69, 9.17) is 21.1 Å². The van der Waals surface area contributed by atoms with Crippen molar-refractivity contribution in [3.8, 4) is 11.5 Å². The third kappa shape index (κ3) is 3.43. The quantitative estimate of drug-likeness (QED) is 0.733. The van der Waals surface area contributed by atoms with Crippen molar-refractivity contribution in [3.05, 3.63) is 63.5 Å². The fraction of sp³-hybridized carbons (Fsp3) is 0.158. The van der Waals surface area contributed by atoms with E-state index in [2.05, 4.69) is 0 Å². The topological polar surface area (TPSA) is 55.8 Å². The van der Waals surface area contributed by atoms with Crippen LogP contribution < -0.4 is 9.47 Å². The average molecular weight is 388 g/mol. The lowest BCUT2D eigenvalue weighted by molar-refractivity contribution is -0.123. The molecule has 0 unspecified atom stereocenters. The average Bonchev–Trinajstić information content (AvgIpc) is 2.91. The van der Waals surface area contributed by atoms with Crippen molar-refractivity contribution in [1.29, 1.82) is 0 Å². The number of thioether (sulfide) groups is 1. The Kier molecular flexibility index (Phi) is 4.61. The van der Waals surface area contributed by atoms with Crippen LogP contribution in [0, 0.1) is 0 Å². The molecule has 0 saturated carbocycles. The monoisotopic (exact) mass is 387 g/mol. The van der Waals surface area contributed by atoms with Gasteiger partial charge in [0.05, 0.1) is 11.4 Å². The number of imide groups is 1. The van der Waals surface area contributed by atoms with Gasteiger partial charge in [-0.2, -0.15) is 0 Å². The number of ether oxygens (including phenoxy) is 2. The van der Waals surface area contributed by atoms with Crippen LogP contribution in [-0.2, 0) is 11.3 Å². The molecule has 2 aliphatic heterocycles. The van der Waals surface area contributed by atoms with Gasteiger partial charge in [0.1, 0.15) is 13.2 Å². The number of carbonyl (C=O) groups is 2. The highest BCUT2D eigenvalue weighted by Crippen LogP contribution is 2.36. The molecule has 132 valence electrons. The molecule has 0 aromatic heterocycles. The zero-order chi connectivity index (χ0) is 18.1. The molecule has 2 aromatic carbocycles. The largest absolute Gasteiger partial charge is 0.486 e. The third-order valence-corrected chi connectivity index (χ3v) is 5.15. The molecule has 4 rings (SSSR count). The fourth-order valence-electron chi connectivity index (χ4n) is 2.71. The molecule has 0 atom stereocenters. The van der Waals surface area contributed by atoms with Crippen LogP contribution in [0.5, 0.6) is 11.5 Å². The highest BCUT2D eigenvalue weighted by atomic mass is 35.5. The lowest BCUT2D eigenvalue weighted by Gasteiger charge is -2.18. The van der Waals surface area contributed by atoms with Crippen molar-refractivity contribution in [2.75, 3.05) is 13.2 Å². The number of nitrogens with zero attached hydrogens (tertiary/aromatic N) is 1. The second-order valence-electron chi connectivity index (χ2n) is 5.80. The minimum Gasteiger partial charge on any atom is -0.486 e. The van der Waals surface area contributed by atoms with Gasteiger partial charge in [-0.1, -0.05) is 29.8 Å². The Morgan fingerprint density at radius 3 is 2.54 bits per heavy atom. The van der Waals surface area contributed by atoms with Crippen LogP contribution in [0.2, 0.25) is 5.02 Å². The Labute approximate surface area is 159 Å². The van der Waals surface area contributed by atoms with Crippen LogP contribution in [0.25, 0.3) is 6.08 Å². The predicted octanol–water partition coefficient (Wildman–Crippen LogP) is 4.35. The van der Waals surface area contributed by atoms with E-state index in [1.165, 1.54) is 4.90 Å². The van der Waals surface area contributed by atoms with E-state index < -0.39 is 0 Å². The molecule has 7 heteroatoms. The molecule has 2 heterocycles. The molecule has 26 heavy (non-hydrogen) atoms. The van der Waals surface area contributed by atoms with E-state index in [1.807, 2.05) is 12.1 Å². The number of benzene rings is 2. The summed E-state index contributed by atoms with van der Waals surface area (Å²) in [5.74, 6) is 1.03. The number of rotatable bonds is 3. The summed E-state index contributed by atoms with van der Waals surface area (Å²) in [5.41, 5.74) is 1.63. The summed E-state index contributed by atoms with van der Waals surface area (Å²) >= 11 is 6.81. The lowest BCUT2D eigenvalue weighted by atomic mass is 10.1. The van der Waals surface area contributed by atoms with Crippen molar-refractivity contribution in [2.45, 2.75) is 6.54 Å². The van der Waals surface area contributed by atoms with Gasteiger partial charge in [-0.25, -0.2) is 0 Å². The van der Waals surface area contributed by atoms with Crippen LogP contribution in [0.15, 0.2) is 47.4 Å². The van der Waals surface area contributed by atoms with Crippen molar-refractivity contribution < 1.29 is 19.1 Å². The summed E-state index contributed by atoms with van der Waals surface area (Å²) in [5, 5.41) is 0.329. The highest BCUT2D eigenvalue weighted by Gasteiger charge is 2.35. The first-order valence-electron chi connectivity index (χ1n) is 7.99. The second-order valence-corrected chi connectivity index (χ2v) is 7.23. The number of hydrogen-bond donors (Lipinski definition) is 0. The van der Waals surface area contributed by atoms with Crippen LogP contribution in [0.4, 0.5) is 4.79 Å². The molecule has 2 amide bonds. The summed E-state index contributed by atoms with van der Waals surface area (Å²) in [6.45, 7) is 1.24. The van der Waals surface area contributed by atoms with Gasteiger partial charge in [0, 0.05) is 5.02 Å². The molecule has 5 nitrogen and oxygen atoms in total. The SMILES string of the molecule is O=C1S/C(=C/c2ccc3c(c2)OCCO3)C(=O)N1Cc1ccc(Cl)cc1. The lowest BCUT2D eigenvalue weighted by Crippen LogP contribution is -2.27. The summed E-state index contributed by atoms with van der Waals surface area (Å²) in [7, 11) is 0. The molecular weight excluding hydrogens is 374 g/mol. The Morgan fingerprint density at radius 1 is 1.04 bits per heavy atom. The molecule has 0 spiro atoms. The molecule has 0 radical (unpaired) electrons. The Balaban J connectivity index is 1.54. The first-order chi connectivity index (χ1) is 12.6. The van der Waals surface area contributed by atoms with Gasteiger partial charge in [-0.3, -0.25) is 14.5 Å². The number of carbonyl (C=O) groups excluding carboxylic acids is 2. The van der Waals surface area contributed by atoms with Gasteiger partial charge in [0.25, 0.3) is 11.1 Å². The van der Waals surface area contributed by atoms with E-state index in [1.54, 1.807) is 36.4 Å². The minimum absolute atomic E-state index is 0.223. The first kappa shape index (κ1) is 17.0. The molecule has 0 aliphatic carbocycles. The number of amides is 2. The second kappa shape index (κ2) is 7.05. The molecule has 2 aliphatic rings. The molecule has 0 N–H and O–H groups in total. The van der Waals surface area contributed by atoms with Gasteiger partial charge in [-0.15, -0.1) is 0 Å². The fourth-order valence-corrected chi connectivity index (χ4v) is 3.67. The predicted molar refractivity (Wildman–Crippen MR) is 100 cm³/mol. The van der Waals surface area contributed by atoms with E-state index >= 15 is 0 Å². The normalized spacial score (nSPS) is 17.9. The third-order valence-electron chi connectivity index (χ3n) is 3.99. The van der Waals surface area contributed by atoms with E-state index in [0.29, 0.717) is 34.6 Å². The van der Waals surface area contributed by atoms with Gasteiger partial charge in [0.15, 0.2) is 11.5 Å². The standard InChI is InChI=1S/C19H14ClNO4S/c20-14-4-1-12(2-5-14)11-21-18(22)17(26-19(21)23)10-13-3-6-15-16(9-13)25-8-7-24-15/h1-6,9-10H,7-8,11H2/b17-10+. The summed E-state index contributed by atoms with van der Waals surface area (Å²) in [4.78, 5) is 26.5. The summed E-state index contributed by atoms with van der Waals surface area (Å²) in [6.07, 6.45) is 1.70. The van der Waals surface area contributed by atoms with Gasteiger partial charge in [-0.05, 0) is 53.2 Å². The Hall–Kier alpha value is -2.44. The van der Waals surface area contributed by atoms with Crippen molar-refractivity contribution >= 4 is 40.6 Å². The van der Waals surface area contributed by atoms with Crippen molar-refractivity contribution in [1.82, 2.24) is 4.90 Å². The van der Waals surface area contributed by atoms with Crippen molar-refractivity contribution in [2.24, 2.45) is 0 Å². The van der Waals surface area contributed by atoms with Gasteiger partial charge >= 0.3 is 0 Å². The van der Waals surface area contributed by atoms with Gasteiger partial charge in [0.2, 0.25) is 0 Å². The van der Waals surface area contributed by atoms with Crippen LogP contribution in [-0.4, -0.2) is 29.3 Å². The Bertz CT molecular complexity index is 910. The van der Waals surface area contributed by atoms with E-state index in [0.717, 1.165) is 22.9 Å². The van der Waals surface area contributed by atoms with E-state index in [-0.39, 0.29) is 17.7 Å². The van der Waals surface area contributed by atoms with Crippen LogP contribution in [0.1, 0.15) is 11.1 Å².